The van der Waals surface area contributed by atoms with Crippen LogP contribution >= 0.6 is 12.2 Å². The number of anilines is 1. The Morgan fingerprint density at radius 1 is 1.44 bits per heavy atom. The number of hydrogen-bond donors (Lipinski definition) is 2. The molecule has 2 heterocycles. The fourth-order valence-electron chi connectivity index (χ4n) is 1.55. The third kappa shape index (κ3) is 3.04. The Kier molecular flexibility index (Phi) is 3.57. The van der Waals surface area contributed by atoms with Gasteiger partial charge in [-0.15, -0.1) is 0 Å². The maximum Gasteiger partial charge on any atom is 0.213 e. The molecule has 2 rings (SSSR count). The Labute approximate surface area is 110 Å². The van der Waals surface area contributed by atoms with Crippen LogP contribution in [0.2, 0.25) is 0 Å². The lowest BCUT2D eigenvalue weighted by Gasteiger charge is -2.07. The van der Waals surface area contributed by atoms with E-state index in [-0.39, 0.29) is 0 Å². The average molecular weight is 262 g/mol. The Morgan fingerprint density at radius 3 is 2.83 bits per heavy atom. The number of oxazole rings is 1. The maximum absolute atomic E-state index is 5.61. The normalized spacial score (nSPS) is 10.3. The first-order valence-corrected chi connectivity index (χ1v) is 5.89. The van der Waals surface area contributed by atoms with Crippen molar-refractivity contribution in [3.8, 4) is 0 Å². The highest BCUT2D eigenvalue weighted by molar-refractivity contribution is 7.80. The van der Waals surface area contributed by atoms with Gasteiger partial charge in [0.15, 0.2) is 0 Å². The quantitative estimate of drug-likeness (QED) is 0.820. The summed E-state index contributed by atoms with van der Waals surface area (Å²) >= 11 is 4.95. The summed E-state index contributed by atoms with van der Waals surface area (Å²) in [6.07, 6.45) is 1.68. The minimum atomic E-state index is 0.357. The maximum atomic E-state index is 5.61. The summed E-state index contributed by atoms with van der Waals surface area (Å²) in [7, 11) is 0. The van der Waals surface area contributed by atoms with Gasteiger partial charge in [0.2, 0.25) is 5.89 Å². The molecule has 0 atom stereocenters. The number of pyridine rings is 1. The van der Waals surface area contributed by atoms with Crippen LogP contribution in [0, 0.1) is 13.8 Å². The monoisotopic (exact) mass is 262 g/mol. The highest BCUT2D eigenvalue weighted by Crippen LogP contribution is 2.11. The minimum absolute atomic E-state index is 0.357. The van der Waals surface area contributed by atoms with Crippen molar-refractivity contribution < 1.29 is 4.42 Å². The summed E-state index contributed by atoms with van der Waals surface area (Å²) in [6, 6.07) is 3.66. The smallest absolute Gasteiger partial charge is 0.213 e. The van der Waals surface area contributed by atoms with Crippen molar-refractivity contribution in [3.63, 3.8) is 0 Å². The number of rotatable bonds is 4. The lowest BCUT2D eigenvalue weighted by Crippen LogP contribution is -2.11. The number of aryl methyl sites for hydroxylation is 2. The Morgan fingerprint density at radius 2 is 2.22 bits per heavy atom. The van der Waals surface area contributed by atoms with Gasteiger partial charge < -0.3 is 15.5 Å². The van der Waals surface area contributed by atoms with Gasteiger partial charge in [-0.25, -0.2) is 9.97 Å². The van der Waals surface area contributed by atoms with Gasteiger partial charge in [0.05, 0.1) is 12.7 Å². The summed E-state index contributed by atoms with van der Waals surface area (Å²) in [6.45, 7) is 4.22. The van der Waals surface area contributed by atoms with Crippen LogP contribution in [0.3, 0.4) is 0 Å². The zero-order chi connectivity index (χ0) is 13.1. The Hall–Kier alpha value is -1.95. The zero-order valence-corrected chi connectivity index (χ0v) is 11.0. The van der Waals surface area contributed by atoms with Crippen LogP contribution in [0.25, 0.3) is 0 Å². The fourth-order valence-corrected chi connectivity index (χ4v) is 1.67. The molecule has 18 heavy (non-hydrogen) atoms. The van der Waals surface area contributed by atoms with Crippen LogP contribution in [0.15, 0.2) is 22.7 Å². The van der Waals surface area contributed by atoms with E-state index >= 15 is 0 Å². The van der Waals surface area contributed by atoms with Crippen molar-refractivity contribution in [2.75, 3.05) is 5.32 Å². The van der Waals surface area contributed by atoms with Crippen molar-refractivity contribution in [2.45, 2.75) is 20.4 Å². The number of nitrogens with one attached hydrogen (secondary N) is 1. The first-order valence-electron chi connectivity index (χ1n) is 5.48. The van der Waals surface area contributed by atoms with E-state index in [1.165, 1.54) is 0 Å². The van der Waals surface area contributed by atoms with Gasteiger partial charge in [0.25, 0.3) is 0 Å². The molecule has 0 aromatic carbocycles. The fraction of sp³-hybridized carbons (Fsp3) is 0.250. The van der Waals surface area contributed by atoms with E-state index in [1.807, 2.05) is 26.0 Å². The minimum Gasteiger partial charge on any atom is -0.444 e. The SMILES string of the molecule is Cc1cc(C(N)=S)cc(NCc2ncc(C)o2)n1. The molecule has 0 aliphatic carbocycles. The van der Waals surface area contributed by atoms with Gasteiger partial charge in [-0.3, -0.25) is 0 Å². The van der Waals surface area contributed by atoms with Crippen LogP contribution in [0.1, 0.15) is 22.9 Å². The molecule has 0 radical (unpaired) electrons. The molecular formula is C12H14N4OS. The summed E-state index contributed by atoms with van der Waals surface area (Å²) < 4.78 is 5.36. The molecule has 0 aliphatic rings. The molecule has 0 bridgehead atoms. The van der Waals surface area contributed by atoms with Crippen LogP contribution in [-0.4, -0.2) is 15.0 Å². The molecule has 2 aromatic heterocycles. The summed E-state index contributed by atoms with van der Waals surface area (Å²) in [4.78, 5) is 8.80. The number of thiocarbonyl (C=S) groups is 1. The molecule has 94 valence electrons. The molecule has 2 aromatic rings. The molecule has 0 aliphatic heterocycles. The molecule has 0 fully saturated rings. The Bertz CT molecular complexity index is 579. The van der Waals surface area contributed by atoms with Crippen molar-refractivity contribution in [1.29, 1.82) is 0 Å². The number of hydrogen-bond acceptors (Lipinski definition) is 5. The van der Waals surface area contributed by atoms with Gasteiger partial charge >= 0.3 is 0 Å². The summed E-state index contributed by atoms with van der Waals surface area (Å²) in [5, 5.41) is 3.13. The van der Waals surface area contributed by atoms with Gasteiger partial charge in [0, 0.05) is 11.3 Å². The molecular weight excluding hydrogens is 248 g/mol. The van der Waals surface area contributed by atoms with Crippen molar-refractivity contribution in [2.24, 2.45) is 5.73 Å². The molecule has 5 nitrogen and oxygen atoms in total. The van der Waals surface area contributed by atoms with E-state index in [2.05, 4.69) is 15.3 Å². The predicted octanol–water partition coefficient (Wildman–Crippen LogP) is 1.93. The van der Waals surface area contributed by atoms with Crippen LogP contribution < -0.4 is 11.1 Å². The van der Waals surface area contributed by atoms with E-state index in [1.54, 1.807) is 6.20 Å². The largest absolute Gasteiger partial charge is 0.444 e. The second kappa shape index (κ2) is 5.14. The predicted molar refractivity (Wildman–Crippen MR) is 73.4 cm³/mol. The third-order valence-electron chi connectivity index (χ3n) is 2.33. The van der Waals surface area contributed by atoms with E-state index in [0.29, 0.717) is 23.2 Å². The highest BCUT2D eigenvalue weighted by atomic mass is 32.1. The number of nitrogens with two attached hydrogens (primary N) is 1. The summed E-state index contributed by atoms with van der Waals surface area (Å²) in [5.74, 6) is 2.11. The second-order valence-corrected chi connectivity index (χ2v) is 4.40. The van der Waals surface area contributed by atoms with Gasteiger partial charge in [0.1, 0.15) is 16.6 Å². The van der Waals surface area contributed by atoms with Gasteiger partial charge in [-0.05, 0) is 26.0 Å². The standard InChI is InChI=1S/C12H14N4OS/c1-7-3-9(12(13)18)4-10(16-7)14-6-11-15-5-8(2)17-11/h3-5H,6H2,1-2H3,(H2,13,18)(H,14,16). The number of nitrogens with zero attached hydrogens (tertiary/aromatic N) is 2. The van der Waals surface area contributed by atoms with Crippen LogP contribution in [0.5, 0.6) is 0 Å². The van der Waals surface area contributed by atoms with E-state index in [4.69, 9.17) is 22.4 Å². The van der Waals surface area contributed by atoms with Crippen LogP contribution in [-0.2, 0) is 6.54 Å². The molecule has 6 heteroatoms. The lowest BCUT2D eigenvalue weighted by molar-refractivity contribution is 0.479. The topological polar surface area (TPSA) is 77.0 Å². The molecule has 0 saturated carbocycles. The van der Waals surface area contributed by atoms with E-state index < -0.39 is 0 Å². The molecule has 0 amide bonds. The van der Waals surface area contributed by atoms with Gasteiger partial charge in [-0.2, -0.15) is 0 Å². The van der Waals surface area contributed by atoms with E-state index in [9.17, 15) is 0 Å². The Balaban J connectivity index is 2.11. The highest BCUT2D eigenvalue weighted by Gasteiger charge is 2.04. The second-order valence-electron chi connectivity index (χ2n) is 3.96. The average Bonchev–Trinajstić information content (AvgIpc) is 2.72. The van der Waals surface area contributed by atoms with Crippen molar-refractivity contribution in [1.82, 2.24) is 9.97 Å². The van der Waals surface area contributed by atoms with Gasteiger partial charge in [-0.1, -0.05) is 12.2 Å². The molecule has 0 spiro atoms. The molecule has 3 N–H and O–H groups in total. The van der Waals surface area contributed by atoms with E-state index in [0.717, 1.165) is 17.0 Å². The summed E-state index contributed by atoms with van der Waals surface area (Å²) in [5.41, 5.74) is 7.26. The first-order chi connectivity index (χ1) is 8.54. The van der Waals surface area contributed by atoms with Crippen molar-refractivity contribution in [3.05, 3.63) is 41.2 Å². The first kappa shape index (κ1) is 12.5. The third-order valence-corrected chi connectivity index (χ3v) is 2.56. The molecule has 0 unspecified atom stereocenters. The van der Waals surface area contributed by atoms with Crippen molar-refractivity contribution >= 4 is 23.0 Å². The van der Waals surface area contributed by atoms with Crippen LogP contribution in [0.4, 0.5) is 5.82 Å². The zero-order valence-electron chi connectivity index (χ0n) is 10.2. The lowest BCUT2D eigenvalue weighted by atomic mass is 10.2. The molecule has 0 saturated heterocycles. The number of aromatic nitrogens is 2.